The Morgan fingerprint density at radius 1 is 1.33 bits per heavy atom. The van der Waals surface area contributed by atoms with E-state index in [1.807, 2.05) is 6.92 Å². The Labute approximate surface area is 134 Å². The number of anilines is 1. The molecule has 0 aliphatic carbocycles. The van der Waals surface area contributed by atoms with Crippen LogP contribution in [-0.2, 0) is 10.0 Å². The van der Waals surface area contributed by atoms with Crippen LogP contribution in [0.25, 0.3) is 0 Å². The maximum absolute atomic E-state index is 13.3. The van der Waals surface area contributed by atoms with Crippen molar-refractivity contribution in [2.45, 2.75) is 56.9 Å². The molecule has 0 saturated carbocycles. The average molecular weight is 381 g/mol. The normalized spacial score (nSPS) is 13.3. The van der Waals surface area contributed by atoms with Crippen molar-refractivity contribution >= 4 is 31.6 Å². The second-order valence-electron chi connectivity index (χ2n) is 5.18. The van der Waals surface area contributed by atoms with Crippen molar-refractivity contribution in [3.05, 3.63) is 22.4 Å². The minimum atomic E-state index is -3.72. The van der Waals surface area contributed by atoms with Gasteiger partial charge < -0.3 is 5.73 Å². The standard InChI is InChI=1S/C14H22BrFN2O2S/c1-3-4-5-6-7-10(2)18-21(19,20)14-9-13(17)12(16)8-11(14)15/h8-10,18H,3-7,17H2,1-2H3. The van der Waals surface area contributed by atoms with Crippen LogP contribution in [-0.4, -0.2) is 14.5 Å². The molecular weight excluding hydrogens is 359 g/mol. The molecule has 1 atom stereocenters. The molecule has 7 heteroatoms. The highest BCUT2D eigenvalue weighted by Crippen LogP contribution is 2.27. The molecule has 1 rings (SSSR count). The molecule has 120 valence electrons. The van der Waals surface area contributed by atoms with Crippen LogP contribution in [0.3, 0.4) is 0 Å². The lowest BCUT2D eigenvalue weighted by atomic mass is 10.1. The van der Waals surface area contributed by atoms with Gasteiger partial charge in [0.25, 0.3) is 0 Å². The number of unbranched alkanes of at least 4 members (excludes halogenated alkanes) is 3. The second-order valence-corrected chi connectivity index (χ2v) is 7.71. The molecule has 0 bridgehead atoms. The Morgan fingerprint density at radius 2 is 2.00 bits per heavy atom. The van der Waals surface area contributed by atoms with Gasteiger partial charge in [0.2, 0.25) is 10.0 Å². The molecule has 0 heterocycles. The summed E-state index contributed by atoms with van der Waals surface area (Å²) < 4.78 is 40.6. The monoisotopic (exact) mass is 380 g/mol. The molecule has 0 aliphatic heterocycles. The highest BCUT2D eigenvalue weighted by Gasteiger charge is 2.21. The van der Waals surface area contributed by atoms with Crippen LogP contribution in [0.2, 0.25) is 0 Å². The lowest BCUT2D eigenvalue weighted by Gasteiger charge is -2.15. The number of sulfonamides is 1. The zero-order chi connectivity index (χ0) is 16.0. The molecule has 0 fully saturated rings. The quantitative estimate of drug-likeness (QED) is 0.531. The number of nitrogen functional groups attached to an aromatic ring is 1. The molecule has 1 aromatic rings. The van der Waals surface area contributed by atoms with Crippen LogP contribution in [0.1, 0.15) is 46.0 Å². The van der Waals surface area contributed by atoms with E-state index in [4.69, 9.17) is 5.73 Å². The van der Waals surface area contributed by atoms with Gasteiger partial charge in [-0.15, -0.1) is 0 Å². The molecule has 4 nitrogen and oxygen atoms in total. The van der Waals surface area contributed by atoms with Crippen LogP contribution in [0, 0.1) is 5.82 Å². The Balaban J connectivity index is 2.75. The van der Waals surface area contributed by atoms with Crippen LogP contribution < -0.4 is 10.5 Å². The summed E-state index contributed by atoms with van der Waals surface area (Å²) in [6, 6.07) is 2.02. The summed E-state index contributed by atoms with van der Waals surface area (Å²) >= 11 is 3.07. The van der Waals surface area contributed by atoms with Gasteiger partial charge in [0.05, 0.1) is 10.6 Å². The van der Waals surface area contributed by atoms with E-state index in [1.165, 1.54) is 0 Å². The number of hydrogen-bond acceptors (Lipinski definition) is 3. The first-order valence-corrected chi connectivity index (χ1v) is 9.32. The summed E-state index contributed by atoms with van der Waals surface area (Å²) in [6.07, 6.45) is 5.13. The minimum absolute atomic E-state index is 0.0400. The smallest absolute Gasteiger partial charge is 0.242 e. The van der Waals surface area contributed by atoms with Gasteiger partial charge in [-0.25, -0.2) is 17.5 Å². The van der Waals surface area contributed by atoms with Crippen molar-refractivity contribution in [2.24, 2.45) is 0 Å². The van der Waals surface area contributed by atoms with Gasteiger partial charge in [0.1, 0.15) is 5.82 Å². The van der Waals surface area contributed by atoms with E-state index < -0.39 is 15.8 Å². The fraction of sp³-hybridized carbons (Fsp3) is 0.571. The third kappa shape index (κ3) is 5.56. The third-order valence-corrected chi connectivity index (χ3v) is 5.74. The van der Waals surface area contributed by atoms with Gasteiger partial charge in [-0.1, -0.05) is 32.6 Å². The van der Waals surface area contributed by atoms with Crippen molar-refractivity contribution in [2.75, 3.05) is 5.73 Å². The zero-order valence-electron chi connectivity index (χ0n) is 12.3. The van der Waals surface area contributed by atoms with Gasteiger partial charge in [-0.05, 0) is 41.4 Å². The fourth-order valence-electron chi connectivity index (χ4n) is 2.02. The molecule has 0 radical (unpaired) electrons. The minimum Gasteiger partial charge on any atom is -0.396 e. The van der Waals surface area contributed by atoms with Crippen LogP contribution in [0.15, 0.2) is 21.5 Å². The summed E-state index contributed by atoms with van der Waals surface area (Å²) in [5, 5.41) is 0. The predicted octanol–water partition coefficient (Wildman–Crippen LogP) is 3.81. The first kappa shape index (κ1) is 18.4. The maximum Gasteiger partial charge on any atom is 0.242 e. The van der Waals surface area contributed by atoms with E-state index in [9.17, 15) is 12.8 Å². The van der Waals surface area contributed by atoms with Crippen molar-refractivity contribution < 1.29 is 12.8 Å². The molecule has 1 aromatic carbocycles. The SMILES string of the molecule is CCCCCCC(C)NS(=O)(=O)c1cc(N)c(F)cc1Br. The molecule has 0 aromatic heterocycles. The van der Waals surface area contributed by atoms with E-state index in [1.54, 1.807) is 0 Å². The summed E-state index contributed by atoms with van der Waals surface area (Å²) in [6.45, 7) is 3.95. The lowest BCUT2D eigenvalue weighted by Crippen LogP contribution is -2.32. The fourth-order valence-corrected chi connectivity index (χ4v) is 4.34. The summed E-state index contributed by atoms with van der Waals surface area (Å²) in [7, 11) is -3.72. The van der Waals surface area contributed by atoms with E-state index in [-0.39, 0.29) is 21.1 Å². The Kier molecular flexibility index (Phi) is 7.09. The Bertz CT molecular complexity index is 579. The number of hydrogen-bond donors (Lipinski definition) is 2. The predicted molar refractivity (Wildman–Crippen MR) is 87.1 cm³/mol. The van der Waals surface area contributed by atoms with E-state index in [2.05, 4.69) is 27.6 Å². The molecule has 3 N–H and O–H groups in total. The molecule has 0 spiro atoms. The average Bonchev–Trinajstić information content (AvgIpc) is 2.38. The van der Waals surface area contributed by atoms with Crippen LogP contribution in [0.4, 0.5) is 10.1 Å². The summed E-state index contributed by atoms with van der Waals surface area (Å²) in [5.74, 6) is -0.645. The van der Waals surface area contributed by atoms with Crippen LogP contribution in [0.5, 0.6) is 0 Å². The Morgan fingerprint density at radius 3 is 2.62 bits per heavy atom. The van der Waals surface area contributed by atoms with Crippen molar-refractivity contribution in [3.8, 4) is 0 Å². The van der Waals surface area contributed by atoms with Gasteiger partial charge in [-0.2, -0.15) is 0 Å². The van der Waals surface area contributed by atoms with Crippen molar-refractivity contribution in [3.63, 3.8) is 0 Å². The zero-order valence-corrected chi connectivity index (χ0v) is 14.7. The highest BCUT2D eigenvalue weighted by atomic mass is 79.9. The number of nitrogens with two attached hydrogens (primary N) is 1. The number of halogens is 2. The molecule has 21 heavy (non-hydrogen) atoms. The number of benzene rings is 1. The lowest BCUT2D eigenvalue weighted by molar-refractivity contribution is 0.521. The van der Waals surface area contributed by atoms with Gasteiger partial charge in [0.15, 0.2) is 0 Å². The van der Waals surface area contributed by atoms with Crippen molar-refractivity contribution in [1.29, 1.82) is 0 Å². The summed E-state index contributed by atoms with van der Waals surface area (Å²) in [4.78, 5) is -0.0400. The molecule has 1 unspecified atom stereocenters. The molecular formula is C14H22BrFN2O2S. The maximum atomic E-state index is 13.3. The van der Waals surface area contributed by atoms with Gasteiger partial charge in [-0.3, -0.25) is 0 Å². The number of rotatable bonds is 8. The summed E-state index contributed by atoms with van der Waals surface area (Å²) in [5.41, 5.74) is 5.26. The molecule has 0 amide bonds. The van der Waals surface area contributed by atoms with Crippen molar-refractivity contribution in [1.82, 2.24) is 4.72 Å². The first-order valence-electron chi connectivity index (χ1n) is 7.04. The largest absolute Gasteiger partial charge is 0.396 e. The molecule has 0 saturated heterocycles. The highest BCUT2D eigenvalue weighted by molar-refractivity contribution is 9.10. The second kappa shape index (κ2) is 8.10. The topological polar surface area (TPSA) is 72.2 Å². The van der Waals surface area contributed by atoms with Crippen LogP contribution >= 0.6 is 15.9 Å². The van der Waals surface area contributed by atoms with E-state index in [0.717, 1.165) is 44.2 Å². The third-order valence-electron chi connectivity index (χ3n) is 3.19. The van der Waals surface area contributed by atoms with E-state index in [0.29, 0.717) is 0 Å². The molecule has 0 aliphatic rings. The van der Waals surface area contributed by atoms with E-state index >= 15 is 0 Å². The van der Waals surface area contributed by atoms with Gasteiger partial charge in [0, 0.05) is 10.5 Å². The first-order chi connectivity index (χ1) is 9.77. The number of nitrogens with one attached hydrogen (secondary N) is 1. The Hall–Kier alpha value is -0.660. The van der Waals surface area contributed by atoms with Gasteiger partial charge >= 0.3 is 0 Å².